The maximum Gasteiger partial charge on any atom is 0.410 e. The second-order valence-electron chi connectivity index (χ2n) is 13.7. The van der Waals surface area contributed by atoms with Crippen molar-refractivity contribution < 1.29 is 19.4 Å². The Morgan fingerprint density at radius 3 is 2.47 bits per heavy atom. The minimum atomic E-state index is -0.596. The van der Waals surface area contributed by atoms with E-state index in [0.717, 1.165) is 41.2 Å². The van der Waals surface area contributed by atoms with E-state index in [1.807, 2.05) is 25.7 Å². The summed E-state index contributed by atoms with van der Waals surface area (Å²) < 4.78 is 5.55. The van der Waals surface area contributed by atoms with Gasteiger partial charge in [0, 0.05) is 25.2 Å². The predicted molar refractivity (Wildman–Crippen MR) is 142 cm³/mol. The van der Waals surface area contributed by atoms with Crippen molar-refractivity contribution in [1.82, 2.24) is 19.8 Å². The largest absolute Gasteiger partial charge is 0.444 e. The van der Waals surface area contributed by atoms with Gasteiger partial charge in [-0.25, -0.2) is 14.8 Å². The van der Waals surface area contributed by atoms with Crippen molar-refractivity contribution in [2.75, 3.05) is 25.0 Å². The molecule has 6 aliphatic rings. The van der Waals surface area contributed by atoms with E-state index in [1.165, 1.54) is 38.5 Å². The van der Waals surface area contributed by atoms with E-state index in [0.29, 0.717) is 39.0 Å². The van der Waals surface area contributed by atoms with E-state index >= 15 is 0 Å². The molecule has 4 saturated carbocycles. The van der Waals surface area contributed by atoms with E-state index in [4.69, 9.17) is 4.74 Å². The quantitative estimate of drug-likeness (QED) is 0.603. The van der Waals surface area contributed by atoms with Gasteiger partial charge in [-0.2, -0.15) is 0 Å². The Balaban J connectivity index is 1.09. The first-order valence-corrected chi connectivity index (χ1v) is 14.6. The van der Waals surface area contributed by atoms with Crippen LogP contribution in [0.15, 0.2) is 6.33 Å². The summed E-state index contributed by atoms with van der Waals surface area (Å²) in [6.07, 6.45) is 10.5. The number of nitrogens with zero attached hydrogens (tertiary/aromatic N) is 4. The molecular formula is C29H43N5O4. The number of carbonyl (C=O) groups excluding carboxylic acids is 2. The number of hydrogen-bond acceptors (Lipinski definition) is 7. The Morgan fingerprint density at radius 1 is 1.13 bits per heavy atom. The summed E-state index contributed by atoms with van der Waals surface area (Å²) >= 11 is 0. The maximum atomic E-state index is 13.5. The minimum Gasteiger partial charge on any atom is -0.444 e. The van der Waals surface area contributed by atoms with Crippen molar-refractivity contribution in [3.63, 3.8) is 0 Å². The highest BCUT2D eigenvalue weighted by atomic mass is 16.6. The van der Waals surface area contributed by atoms with Crippen molar-refractivity contribution in [2.45, 2.75) is 103 Å². The van der Waals surface area contributed by atoms with Gasteiger partial charge < -0.3 is 20.1 Å². The minimum absolute atomic E-state index is 0.0376. The average Bonchev–Trinajstić information content (AvgIpc) is 3.35. The third-order valence-corrected chi connectivity index (χ3v) is 9.74. The Labute approximate surface area is 225 Å². The van der Waals surface area contributed by atoms with E-state index in [2.05, 4.69) is 15.3 Å². The normalized spacial score (nSPS) is 32.7. The number of ether oxygens (including phenoxy) is 1. The molecule has 2 N–H and O–H groups in total. The van der Waals surface area contributed by atoms with Crippen molar-refractivity contribution >= 4 is 17.8 Å². The molecule has 5 fully saturated rings. The molecule has 1 aromatic heterocycles. The molecule has 2 unspecified atom stereocenters. The summed E-state index contributed by atoms with van der Waals surface area (Å²) in [6.45, 7) is 7.53. The maximum absolute atomic E-state index is 13.5. The van der Waals surface area contributed by atoms with Gasteiger partial charge in [-0.05, 0) is 102 Å². The zero-order valence-corrected chi connectivity index (χ0v) is 23.1. The molecule has 208 valence electrons. The predicted octanol–water partition coefficient (Wildman–Crippen LogP) is 3.75. The van der Waals surface area contributed by atoms with E-state index < -0.39 is 17.7 Å². The Morgan fingerprint density at radius 2 is 1.82 bits per heavy atom. The number of hydrogen-bond donors (Lipinski definition) is 2. The molecule has 1 aromatic rings. The van der Waals surface area contributed by atoms with E-state index in [-0.39, 0.29) is 17.4 Å². The molecule has 7 rings (SSSR count). The number of amides is 2. The average molecular weight is 526 g/mol. The van der Waals surface area contributed by atoms with Crippen LogP contribution in [0, 0.1) is 23.2 Å². The van der Waals surface area contributed by atoms with Gasteiger partial charge >= 0.3 is 6.09 Å². The highest BCUT2D eigenvalue weighted by molar-refractivity contribution is 5.86. The Bertz CT molecular complexity index is 1050. The summed E-state index contributed by atoms with van der Waals surface area (Å²) in [5, 5.41) is 14.8. The highest BCUT2D eigenvalue weighted by Crippen LogP contribution is 2.61. The molecule has 2 atom stereocenters. The van der Waals surface area contributed by atoms with Crippen molar-refractivity contribution in [2.24, 2.45) is 23.2 Å². The summed E-state index contributed by atoms with van der Waals surface area (Å²) in [5.74, 6) is 3.15. The van der Waals surface area contributed by atoms with Crippen LogP contribution in [-0.4, -0.2) is 74.3 Å². The lowest BCUT2D eigenvalue weighted by Crippen LogP contribution is -2.53. The zero-order valence-electron chi connectivity index (χ0n) is 23.1. The van der Waals surface area contributed by atoms with Crippen LogP contribution in [0.3, 0.4) is 0 Å². The molecule has 1 saturated heterocycles. The van der Waals surface area contributed by atoms with Crippen LogP contribution in [0.2, 0.25) is 0 Å². The number of aliphatic hydroxyl groups is 1. The number of likely N-dealkylation sites (tertiary alicyclic amines) is 1. The van der Waals surface area contributed by atoms with Crippen LogP contribution < -0.4 is 5.32 Å². The molecule has 9 heteroatoms. The lowest BCUT2D eigenvalue weighted by molar-refractivity contribution is -0.137. The Kier molecular flexibility index (Phi) is 6.56. The molecule has 0 radical (unpaired) electrons. The van der Waals surface area contributed by atoms with Gasteiger partial charge in [0.1, 0.15) is 23.8 Å². The van der Waals surface area contributed by atoms with Crippen LogP contribution >= 0.6 is 0 Å². The van der Waals surface area contributed by atoms with Gasteiger partial charge in [-0.15, -0.1) is 0 Å². The van der Waals surface area contributed by atoms with Crippen LogP contribution in [0.5, 0.6) is 0 Å². The zero-order chi connectivity index (χ0) is 26.7. The molecule has 38 heavy (non-hydrogen) atoms. The summed E-state index contributed by atoms with van der Waals surface area (Å²) in [5.41, 5.74) is 1.35. The number of aromatic nitrogens is 2. The number of aliphatic hydroxyl groups excluding tert-OH is 1. The summed E-state index contributed by atoms with van der Waals surface area (Å²) in [4.78, 5) is 38.6. The van der Waals surface area contributed by atoms with Crippen LogP contribution in [0.25, 0.3) is 0 Å². The van der Waals surface area contributed by atoms with E-state index in [9.17, 15) is 14.7 Å². The van der Waals surface area contributed by atoms with Gasteiger partial charge in [0.05, 0.1) is 18.3 Å². The number of nitrogens with one attached hydrogen (secondary N) is 1. The molecule has 0 aromatic carbocycles. The second kappa shape index (κ2) is 9.65. The second-order valence-corrected chi connectivity index (χ2v) is 13.7. The van der Waals surface area contributed by atoms with E-state index in [1.54, 1.807) is 11.2 Å². The Hall–Kier alpha value is -2.42. The summed E-state index contributed by atoms with van der Waals surface area (Å²) in [7, 11) is 0. The van der Waals surface area contributed by atoms with Crippen molar-refractivity contribution in [3.05, 3.63) is 17.6 Å². The SMILES string of the molecule is CC(C)(C)OC(=O)N1CCCC1C(=O)N1CCc2c(ncnc2NCC(O)C23CC4CC(CC(C4)C2)C3)C1. The first-order chi connectivity index (χ1) is 18.1. The monoisotopic (exact) mass is 525 g/mol. The number of anilines is 1. The van der Waals surface area contributed by atoms with Gasteiger partial charge in [-0.1, -0.05) is 0 Å². The summed E-state index contributed by atoms with van der Waals surface area (Å²) in [6, 6.07) is -0.485. The molecule has 2 amide bonds. The first kappa shape index (κ1) is 25.8. The highest BCUT2D eigenvalue weighted by Gasteiger charge is 2.54. The van der Waals surface area contributed by atoms with Crippen molar-refractivity contribution in [3.8, 4) is 0 Å². The molecule has 0 spiro atoms. The molecule has 2 aliphatic heterocycles. The van der Waals surface area contributed by atoms with Gasteiger partial charge in [-0.3, -0.25) is 9.69 Å². The topological polar surface area (TPSA) is 108 Å². The van der Waals surface area contributed by atoms with Crippen LogP contribution in [0.4, 0.5) is 10.6 Å². The van der Waals surface area contributed by atoms with Gasteiger partial charge in [0.15, 0.2) is 0 Å². The van der Waals surface area contributed by atoms with Crippen LogP contribution in [-0.2, 0) is 22.5 Å². The fourth-order valence-corrected chi connectivity index (χ4v) is 8.46. The molecular weight excluding hydrogens is 482 g/mol. The fraction of sp³-hybridized carbons (Fsp3) is 0.793. The molecule has 9 nitrogen and oxygen atoms in total. The number of fused-ring (bicyclic) bond motifs is 1. The van der Waals surface area contributed by atoms with Gasteiger partial charge in [0.2, 0.25) is 5.91 Å². The number of carbonyl (C=O) groups is 2. The molecule has 4 bridgehead atoms. The lowest BCUT2D eigenvalue weighted by Gasteiger charge is -2.58. The first-order valence-electron chi connectivity index (χ1n) is 14.6. The third-order valence-electron chi connectivity index (χ3n) is 9.74. The fourth-order valence-electron chi connectivity index (χ4n) is 8.46. The number of rotatable bonds is 5. The smallest absolute Gasteiger partial charge is 0.410 e. The molecule has 4 aliphatic carbocycles. The van der Waals surface area contributed by atoms with Gasteiger partial charge in [0.25, 0.3) is 0 Å². The standard InChI is InChI=1S/C29H43N5O4/c1-28(2,3)38-27(37)34-7-4-5-23(34)26(36)33-8-6-21-22(16-33)31-17-32-25(21)30-15-24(35)29-12-18-9-19(13-29)11-20(10-18)14-29/h17-20,23-24,35H,4-16H2,1-3H3,(H,30,31,32). The van der Waals surface area contributed by atoms with Crippen molar-refractivity contribution in [1.29, 1.82) is 0 Å². The third kappa shape index (κ3) is 4.87. The lowest BCUT2D eigenvalue weighted by atomic mass is 9.48. The molecule has 3 heterocycles. The van der Waals surface area contributed by atoms with Crippen LogP contribution in [0.1, 0.15) is 83.4 Å².